The Morgan fingerprint density at radius 1 is 0.968 bits per heavy atom. The molecule has 31 heavy (non-hydrogen) atoms. The highest BCUT2D eigenvalue weighted by Gasteiger charge is 2.21. The Morgan fingerprint density at radius 3 is 2.39 bits per heavy atom. The van der Waals surface area contributed by atoms with E-state index in [1.165, 1.54) is 4.57 Å². The minimum Gasteiger partial charge on any atom is -0.408 e. The van der Waals surface area contributed by atoms with Crippen molar-refractivity contribution in [2.24, 2.45) is 7.05 Å². The van der Waals surface area contributed by atoms with Gasteiger partial charge in [-0.25, -0.2) is 9.78 Å². The lowest BCUT2D eigenvalue weighted by Gasteiger charge is -2.13. The van der Waals surface area contributed by atoms with Crippen molar-refractivity contribution in [2.45, 2.75) is 13.0 Å². The van der Waals surface area contributed by atoms with Crippen molar-refractivity contribution in [1.82, 2.24) is 14.1 Å². The molecule has 154 valence electrons. The summed E-state index contributed by atoms with van der Waals surface area (Å²) in [6, 6.07) is 21.8. The van der Waals surface area contributed by atoms with Gasteiger partial charge < -0.3 is 14.3 Å². The summed E-state index contributed by atoms with van der Waals surface area (Å²) >= 11 is 0. The van der Waals surface area contributed by atoms with Crippen LogP contribution in [0.25, 0.3) is 33.5 Å². The van der Waals surface area contributed by atoms with Crippen LogP contribution in [-0.4, -0.2) is 20.0 Å². The summed E-state index contributed by atoms with van der Waals surface area (Å²) in [6.07, 6.45) is 0. The number of nitrogens with one attached hydrogen (secondary N) is 1. The Kier molecular flexibility index (Phi) is 4.43. The molecule has 1 unspecified atom stereocenters. The zero-order chi connectivity index (χ0) is 21.5. The highest BCUT2D eigenvalue weighted by molar-refractivity contribution is 5.94. The number of carbonyl (C=O) groups excluding carboxylic acids is 1. The Morgan fingerprint density at radius 2 is 1.65 bits per heavy atom. The summed E-state index contributed by atoms with van der Waals surface area (Å²) in [5.74, 6) is -0.00552. The predicted octanol–water partition coefficient (Wildman–Crippen LogP) is 4.35. The van der Waals surface area contributed by atoms with Gasteiger partial charge in [0.2, 0.25) is 5.91 Å². The van der Waals surface area contributed by atoms with Crippen LogP contribution in [0.5, 0.6) is 0 Å². The van der Waals surface area contributed by atoms with Gasteiger partial charge in [-0.3, -0.25) is 9.36 Å². The Bertz CT molecular complexity index is 1470. The second-order valence-corrected chi connectivity index (χ2v) is 7.43. The minimum absolute atomic E-state index is 0.302. The number of nitrogens with zero attached hydrogens (tertiary/aromatic N) is 3. The number of aryl methyl sites for hydroxylation is 1. The summed E-state index contributed by atoms with van der Waals surface area (Å²) in [7, 11) is 1.98. The minimum atomic E-state index is -0.726. The van der Waals surface area contributed by atoms with Gasteiger partial charge in [-0.1, -0.05) is 24.3 Å². The van der Waals surface area contributed by atoms with E-state index in [4.69, 9.17) is 9.40 Å². The fourth-order valence-corrected chi connectivity index (χ4v) is 3.82. The maximum Gasteiger partial charge on any atom is 0.420 e. The topological polar surface area (TPSA) is 82.1 Å². The van der Waals surface area contributed by atoms with E-state index in [-0.39, 0.29) is 5.91 Å². The number of benzene rings is 3. The molecule has 1 amide bonds. The van der Waals surface area contributed by atoms with Crippen molar-refractivity contribution in [3.05, 3.63) is 83.3 Å². The van der Waals surface area contributed by atoms with Crippen molar-refractivity contribution in [1.29, 1.82) is 0 Å². The molecule has 0 aliphatic heterocycles. The Labute approximate surface area is 177 Å². The van der Waals surface area contributed by atoms with E-state index in [9.17, 15) is 9.59 Å². The van der Waals surface area contributed by atoms with Gasteiger partial charge >= 0.3 is 5.76 Å². The third-order valence-corrected chi connectivity index (χ3v) is 5.48. The number of imidazole rings is 1. The van der Waals surface area contributed by atoms with E-state index in [2.05, 4.69) is 5.32 Å². The lowest BCUT2D eigenvalue weighted by Crippen LogP contribution is -2.29. The van der Waals surface area contributed by atoms with Crippen LogP contribution in [0.15, 0.2) is 82.0 Å². The van der Waals surface area contributed by atoms with Crippen molar-refractivity contribution >= 4 is 33.7 Å². The van der Waals surface area contributed by atoms with E-state index >= 15 is 0 Å². The molecule has 5 aromatic rings. The van der Waals surface area contributed by atoms with E-state index in [1.54, 1.807) is 31.2 Å². The number of amides is 1. The molecule has 1 atom stereocenters. The van der Waals surface area contributed by atoms with E-state index in [0.717, 1.165) is 22.4 Å². The first kappa shape index (κ1) is 18.9. The zero-order valence-electron chi connectivity index (χ0n) is 17.1. The molecule has 0 bridgehead atoms. The Balaban J connectivity index is 1.39. The molecule has 3 aromatic carbocycles. The average molecular weight is 412 g/mol. The van der Waals surface area contributed by atoms with Crippen LogP contribution < -0.4 is 11.1 Å². The van der Waals surface area contributed by atoms with Crippen LogP contribution in [0.3, 0.4) is 0 Å². The number of rotatable bonds is 4. The lowest BCUT2D eigenvalue weighted by molar-refractivity contribution is -0.118. The molecular weight excluding hydrogens is 392 g/mol. The molecule has 2 heterocycles. The van der Waals surface area contributed by atoms with Crippen LogP contribution in [-0.2, 0) is 11.8 Å². The number of anilines is 1. The van der Waals surface area contributed by atoms with Gasteiger partial charge in [0, 0.05) is 18.3 Å². The molecular formula is C24H20N4O3. The number of hydrogen-bond donors (Lipinski definition) is 1. The van der Waals surface area contributed by atoms with Gasteiger partial charge in [-0.05, 0) is 55.5 Å². The number of carbonyl (C=O) groups is 1. The number of oxazole rings is 1. The fraction of sp³-hybridized carbons (Fsp3) is 0.125. The second kappa shape index (κ2) is 7.28. The molecule has 0 spiro atoms. The van der Waals surface area contributed by atoms with Gasteiger partial charge in [0.25, 0.3) is 0 Å². The summed E-state index contributed by atoms with van der Waals surface area (Å²) in [6.45, 7) is 1.67. The van der Waals surface area contributed by atoms with Crippen LogP contribution >= 0.6 is 0 Å². The molecule has 0 saturated carbocycles. The monoisotopic (exact) mass is 412 g/mol. The van der Waals surface area contributed by atoms with E-state index in [1.807, 2.05) is 60.1 Å². The molecule has 0 aliphatic rings. The SMILES string of the molecule is CC(C(=O)Nc1ccc(-c2nc3ccccc3n2C)cc1)n1c(=O)oc2ccccc21. The van der Waals surface area contributed by atoms with Gasteiger partial charge in [0.05, 0.1) is 16.6 Å². The van der Waals surface area contributed by atoms with Crippen LogP contribution in [0, 0.1) is 0 Å². The van der Waals surface area contributed by atoms with Crippen LogP contribution in [0.2, 0.25) is 0 Å². The first-order valence-electron chi connectivity index (χ1n) is 9.96. The quantitative estimate of drug-likeness (QED) is 0.476. The van der Waals surface area contributed by atoms with E-state index < -0.39 is 11.8 Å². The van der Waals surface area contributed by atoms with Gasteiger partial charge in [0.1, 0.15) is 11.9 Å². The smallest absolute Gasteiger partial charge is 0.408 e. The second-order valence-electron chi connectivity index (χ2n) is 7.43. The van der Waals surface area contributed by atoms with Crippen LogP contribution in [0.4, 0.5) is 5.69 Å². The first-order valence-corrected chi connectivity index (χ1v) is 9.96. The van der Waals surface area contributed by atoms with Gasteiger partial charge in [-0.15, -0.1) is 0 Å². The highest BCUT2D eigenvalue weighted by Crippen LogP contribution is 2.25. The van der Waals surface area contributed by atoms with Crippen molar-refractivity contribution in [3.63, 3.8) is 0 Å². The molecule has 7 heteroatoms. The number of aromatic nitrogens is 3. The summed E-state index contributed by atoms with van der Waals surface area (Å²) in [4.78, 5) is 29.8. The molecule has 1 N–H and O–H groups in total. The lowest BCUT2D eigenvalue weighted by atomic mass is 10.2. The normalized spacial score (nSPS) is 12.3. The van der Waals surface area contributed by atoms with Crippen molar-refractivity contribution in [2.75, 3.05) is 5.32 Å². The molecule has 2 aromatic heterocycles. The zero-order valence-corrected chi connectivity index (χ0v) is 17.1. The summed E-state index contributed by atoms with van der Waals surface area (Å²) in [5, 5.41) is 2.87. The number of hydrogen-bond acceptors (Lipinski definition) is 4. The maximum absolute atomic E-state index is 12.8. The number of fused-ring (bicyclic) bond motifs is 2. The third-order valence-electron chi connectivity index (χ3n) is 5.48. The third kappa shape index (κ3) is 3.20. The summed E-state index contributed by atoms with van der Waals surface area (Å²) < 4.78 is 8.64. The molecule has 0 aliphatic carbocycles. The molecule has 0 saturated heterocycles. The van der Waals surface area contributed by atoms with E-state index in [0.29, 0.717) is 16.8 Å². The summed E-state index contributed by atoms with van der Waals surface area (Å²) in [5.41, 5.74) is 4.62. The fourth-order valence-electron chi connectivity index (χ4n) is 3.82. The average Bonchev–Trinajstić information content (AvgIpc) is 3.30. The predicted molar refractivity (Wildman–Crippen MR) is 120 cm³/mol. The van der Waals surface area contributed by atoms with Gasteiger partial charge in [-0.2, -0.15) is 0 Å². The van der Waals surface area contributed by atoms with Gasteiger partial charge in [0.15, 0.2) is 5.58 Å². The molecule has 0 fully saturated rings. The molecule has 5 rings (SSSR count). The first-order chi connectivity index (χ1) is 15.0. The number of para-hydroxylation sites is 4. The largest absolute Gasteiger partial charge is 0.420 e. The maximum atomic E-state index is 12.8. The van der Waals surface area contributed by atoms with Crippen molar-refractivity contribution in [3.8, 4) is 11.4 Å². The van der Waals surface area contributed by atoms with Crippen molar-refractivity contribution < 1.29 is 9.21 Å². The molecule has 0 radical (unpaired) electrons. The van der Waals surface area contributed by atoms with Crippen LogP contribution in [0.1, 0.15) is 13.0 Å². The molecule has 7 nitrogen and oxygen atoms in total. The standard InChI is InChI=1S/C24H20N4O3/c1-15(28-20-9-5-6-10-21(20)31-24(28)30)23(29)25-17-13-11-16(12-14-17)22-26-18-7-3-4-8-19(18)27(22)2/h3-15H,1-2H3,(H,25,29). The highest BCUT2D eigenvalue weighted by atomic mass is 16.4. The Hall–Kier alpha value is -4.13.